The molecule has 0 heterocycles. The Morgan fingerprint density at radius 3 is 2.45 bits per heavy atom. The van der Waals surface area contributed by atoms with Crippen molar-refractivity contribution >= 4 is 5.97 Å². The Labute approximate surface area is 112 Å². The first-order valence-corrected chi connectivity index (χ1v) is 5.57. The highest BCUT2D eigenvalue weighted by Crippen LogP contribution is 2.18. The number of carbonyl (C=O) groups is 1. The van der Waals surface area contributed by atoms with Crippen LogP contribution in [0.2, 0.25) is 0 Å². The molecule has 2 aromatic carbocycles. The topological polar surface area (TPSA) is 46.5 Å². The molecule has 0 aliphatic carbocycles. The molecule has 0 saturated heterocycles. The van der Waals surface area contributed by atoms with Gasteiger partial charge >= 0.3 is 5.97 Å². The lowest BCUT2D eigenvalue weighted by Gasteiger charge is -2.09. The second-order valence-electron chi connectivity index (χ2n) is 3.97. The summed E-state index contributed by atoms with van der Waals surface area (Å²) in [5.74, 6) is -4.01. The highest BCUT2D eigenvalue weighted by Gasteiger charge is 2.12. The van der Waals surface area contributed by atoms with Crippen LogP contribution in [0.4, 0.5) is 13.2 Å². The van der Waals surface area contributed by atoms with Gasteiger partial charge < -0.3 is 9.84 Å². The molecule has 2 rings (SSSR count). The van der Waals surface area contributed by atoms with Gasteiger partial charge in [-0.1, -0.05) is 6.07 Å². The second kappa shape index (κ2) is 5.64. The fourth-order valence-electron chi connectivity index (χ4n) is 1.60. The SMILES string of the molecule is O=C(O)c1cc(F)ccc1COc1ccc(F)c(F)c1. The van der Waals surface area contributed by atoms with E-state index in [2.05, 4.69) is 0 Å². The molecule has 1 N–H and O–H groups in total. The molecule has 0 spiro atoms. The molecule has 0 fully saturated rings. The molecular weight excluding hydrogens is 273 g/mol. The third-order valence-corrected chi connectivity index (χ3v) is 2.59. The molecule has 0 unspecified atom stereocenters. The first kappa shape index (κ1) is 13.9. The lowest BCUT2D eigenvalue weighted by atomic mass is 10.1. The van der Waals surface area contributed by atoms with Gasteiger partial charge in [-0.3, -0.25) is 0 Å². The normalized spacial score (nSPS) is 10.3. The number of carboxylic acids is 1. The van der Waals surface area contributed by atoms with Crippen LogP contribution in [-0.4, -0.2) is 11.1 Å². The van der Waals surface area contributed by atoms with E-state index in [-0.39, 0.29) is 23.5 Å². The molecule has 0 aliphatic heterocycles. The zero-order valence-corrected chi connectivity index (χ0v) is 10.1. The van der Waals surface area contributed by atoms with E-state index >= 15 is 0 Å². The van der Waals surface area contributed by atoms with E-state index in [1.165, 1.54) is 12.1 Å². The summed E-state index contributed by atoms with van der Waals surface area (Å²) in [4.78, 5) is 11.0. The molecule has 3 nitrogen and oxygen atoms in total. The lowest BCUT2D eigenvalue weighted by molar-refractivity contribution is 0.0693. The van der Waals surface area contributed by atoms with E-state index in [4.69, 9.17) is 9.84 Å². The fourth-order valence-corrected chi connectivity index (χ4v) is 1.60. The summed E-state index contributed by atoms with van der Waals surface area (Å²) in [5, 5.41) is 8.94. The zero-order valence-electron chi connectivity index (χ0n) is 10.1. The number of carboxylic acid groups (broad SMARTS) is 1. The van der Waals surface area contributed by atoms with Gasteiger partial charge in [-0.05, 0) is 24.3 Å². The van der Waals surface area contributed by atoms with Gasteiger partial charge in [0.15, 0.2) is 11.6 Å². The first-order valence-electron chi connectivity index (χ1n) is 5.57. The van der Waals surface area contributed by atoms with Crippen molar-refractivity contribution in [2.45, 2.75) is 6.61 Å². The Hall–Kier alpha value is -2.50. The van der Waals surface area contributed by atoms with Crippen LogP contribution in [-0.2, 0) is 6.61 Å². The Balaban J connectivity index is 2.18. The largest absolute Gasteiger partial charge is 0.489 e. The Bertz CT molecular complexity index is 656. The summed E-state index contributed by atoms with van der Waals surface area (Å²) in [6, 6.07) is 6.18. The molecule has 0 atom stereocenters. The Kier molecular flexibility index (Phi) is 3.93. The average Bonchev–Trinajstić information content (AvgIpc) is 2.41. The van der Waals surface area contributed by atoms with E-state index < -0.39 is 23.4 Å². The summed E-state index contributed by atoms with van der Waals surface area (Å²) in [7, 11) is 0. The molecule has 0 aromatic heterocycles. The van der Waals surface area contributed by atoms with Gasteiger partial charge in [0.25, 0.3) is 0 Å². The predicted molar refractivity (Wildman–Crippen MR) is 64.0 cm³/mol. The van der Waals surface area contributed by atoms with Crippen molar-refractivity contribution in [3.8, 4) is 5.75 Å². The molecule has 2 aromatic rings. The minimum Gasteiger partial charge on any atom is -0.489 e. The molecule has 0 saturated carbocycles. The highest BCUT2D eigenvalue weighted by atomic mass is 19.2. The summed E-state index contributed by atoms with van der Waals surface area (Å²) in [6.45, 7) is -0.201. The third-order valence-electron chi connectivity index (χ3n) is 2.59. The van der Waals surface area contributed by atoms with Crippen LogP contribution in [0, 0.1) is 17.5 Å². The van der Waals surface area contributed by atoms with Crippen LogP contribution >= 0.6 is 0 Å². The number of aromatic carboxylic acids is 1. The number of benzene rings is 2. The fraction of sp³-hybridized carbons (Fsp3) is 0.0714. The first-order chi connectivity index (χ1) is 9.47. The standard InChI is InChI=1S/C14H9F3O3/c15-9-2-1-8(11(5-9)14(18)19)7-20-10-3-4-12(16)13(17)6-10/h1-6H,7H2,(H,18,19). The quantitative estimate of drug-likeness (QED) is 0.935. The number of rotatable bonds is 4. The van der Waals surface area contributed by atoms with Gasteiger partial charge in [0.2, 0.25) is 0 Å². The van der Waals surface area contributed by atoms with Crippen molar-refractivity contribution in [1.29, 1.82) is 0 Å². The van der Waals surface area contributed by atoms with Crippen LogP contribution in [0.5, 0.6) is 5.75 Å². The average molecular weight is 282 g/mol. The zero-order chi connectivity index (χ0) is 14.7. The summed E-state index contributed by atoms with van der Waals surface area (Å²) < 4.78 is 43.8. The number of halogens is 3. The lowest BCUT2D eigenvalue weighted by Crippen LogP contribution is -2.06. The van der Waals surface area contributed by atoms with E-state index in [0.717, 1.165) is 24.3 Å². The highest BCUT2D eigenvalue weighted by molar-refractivity contribution is 5.89. The van der Waals surface area contributed by atoms with Crippen LogP contribution in [0.1, 0.15) is 15.9 Å². The minimum absolute atomic E-state index is 0.0459. The molecule has 20 heavy (non-hydrogen) atoms. The molecule has 0 amide bonds. The van der Waals surface area contributed by atoms with Crippen LogP contribution in [0.3, 0.4) is 0 Å². The molecule has 0 radical (unpaired) electrons. The van der Waals surface area contributed by atoms with Gasteiger partial charge in [-0.2, -0.15) is 0 Å². The van der Waals surface area contributed by atoms with Gasteiger partial charge in [0.1, 0.15) is 18.2 Å². The monoisotopic (exact) mass is 282 g/mol. The molecule has 6 heteroatoms. The van der Waals surface area contributed by atoms with Crippen molar-refractivity contribution in [2.75, 3.05) is 0 Å². The van der Waals surface area contributed by atoms with Crippen LogP contribution in [0.25, 0.3) is 0 Å². The third kappa shape index (κ3) is 3.09. The second-order valence-corrected chi connectivity index (χ2v) is 3.97. The van der Waals surface area contributed by atoms with Crippen molar-refractivity contribution in [3.05, 3.63) is 65.0 Å². The van der Waals surface area contributed by atoms with E-state index in [0.29, 0.717) is 0 Å². The number of ether oxygens (including phenoxy) is 1. The van der Waals surface area contributed by atoms with Crippen molar-refractivity contribution in [3.63, 3.8) is 0 Å². The maximum Gasteiger partial charge on any atom is 0.336 e. The van der Waals surface area contributed by atoms with E-state index in [9.17, 15) is 18.0 Å². The van der Waals surface area contributed by atoms with E-state index in [1.807, 2.05) is 0 Å². The summed E-state index contributed by atoms with van der Waals surface area (Å²) in [5.41, 5.74) is -0.0174. The number of hydrogen-bond acceptors (Lipinski definition) is 2. The van der Waals surface area contributed by atoms with Crippen LogP contribution in [0.15, 0.2) is 36.4 Å². The predicted octanol–water partition coefficient (Wildman–Crippen LogP) is 3.38. The Morgan fingerprint density at radius 1 is 1.05 bits per heavy atom. The summed E-state index contributed by atoms with van der Waals surface area (Å²) >= 11 is 0. The van der Waals surface area contributed by atoms with Crippen LogP contribution < -0.4 is 4.74 Å². The van der Waals surface area contributed by atoms with Gasteiger partial charge in [-0.15, -0.1) is 0 Å². The molecule has 0 aliphatic rings. The maximum absolute atomic E-state index is 13.0. The molecular formula is C14H9F3O3. The smallest absolute Gasteiger partial charge is 0.336 e. The van der Waals surface area contributed by atoms with Gasteiger partial charge in [0, 0.05) is 11.6 Å². The number of hydrogen-bond donors (Lipinski definition) is 1. The van der Waals surface area contributed by atoms with Gasteiger partial charge in [0.05, 0.1) is 5.56 Å². The Morgan fingerprint density at radius 2 is 1.80 bits per heavy atom. The summed E-state index contributed by atoms with van der Waals surface area (Å²) in [6.07, 6.45) is 0. The van der Waals surface area contributed by atoms with Crippen molar-refractivity contribution < 1.29 is 27.8 Å². The van der Waals surface area contributed by atoms with Crippen molar-refractivity contribution in [1.82, 2.24) is 0 Å². The minimum atomic E-state index is -1.30. The maximum atomic E-state index is 13.0. The molecule has 104 valence electrons. The van der Waals surface area contributed by atoms with Crippen molar-refractivity contribution in [2.24, 2.45) is 0 Å². The van der Waals surface area contributed by atoms with Gasteiger partial charge in [-0.25, -0.2) is 18.0 Å². The van der Waals surface area contributed by atoms with E-state index in [1.54, 1.807) is 0 Å². The molecule has 0 bridgehead atoms.